The van der Waals surface area contributed by atoms with Crippen LogP contribution in [0.2, 0.25) is 0 Å². The lowest BCUT2D eigenvalue weighted by Gasteiger charge is -1.99. The maximum Gasteiger partial charge on any atom is 0.269 e. The van der Waals surface area contributed by atoms with Crippen LogP contribution in [0.25, 0.3) is 22.2 Å². The van der Waals surface area contributed by atoms with Gasteiger partial charge >= 0.3 is 0 Å². The molecule has 1 N–H and O–H groups in total. The fraction of sp³-hybridized carbons (Fsp3) is 0.118. The zero-order chi connectivity index (χ0) is 15.9. The number of nitrogens with one attached hydrogen (secondary N) is 1. The second-order valence-electron chi connectivity index (χ2n) is 5.34. The second kappa shape index (κ2) is 5.11. The average Bonchev–Trinajstić information content (AvgIpc) is 2.86. The van der Waals surface area contributed by atoms with Crippen LogP contribution < -0.4 is 0 Å². The third-order valence-electron chi connectivity index (χ3n) is 3.77. The molecule has 2 aromatic carbocycles. The van der Waals surface area contributed by atoms with Gasteiger partial charge in [-0.3, -0.25) is 14.9 Å². The number of nitrogens with zero attached hydrogens (tertiary/aromatic N) is 1. The number of fused-ring (bicyclic) bond motifs is 1. The minimum atomic E-state index is -0.441. The molecule has 0 spiro atoms. The molecular formula is C17H14N2O3. The highest BCUT2D eigenvalue weighted by atomic mass is 16.6. The van der Waals surface area contributed by atoms with Gasteiger partial charge in [0.05, 0.1) is 10.6 Å². The van der Waals surface area contributed by atoms with Crippen molar-refractivity contribution in [1.29, 1.82) is 0 Å². The summed E-state index contributed by atoms with van der Waals surface area (Å²) < 4.78 is 0. The Morgan fingerprint density at radius 2 is 1.82 bits per heavy atom. The van der Waals surface area contributed by atoms with Crippen LogP contribution in [0, 0.1) is 24.0 Å². The Morgan fingerprint density at radius 3 is 2.41 bits per heavy atom. The fourth-order valence-corrected chi connectivity index (χ4v) is 2.77. The van der Waals surface area contributed by atoms with E-state index < -0.39 is 4.92 Å². The number of rotatable bonds is 3. The van der Waals surface area contributed by atoms with Gasteiger partial charge in [-0.05, 0) is 43.2 Å². The maximum atomic E-state index is 11.5. The van der Waals surface area contributed by atoms with E-state index in [9.17, 15) is 14.9 Å². The molecular weight excluding hydrogens is 280 g/mol. The van der Waals surface area contributed by atoms with E-state index in [4.69, 9.17) is 0 Å². The number of carbonyl (C=O) groups is 1. The fourth-order valence-electron chi connectivity index (χ4n) is 2.77. The molecule has 0 amide bonds. The predicted molar refractivity (Wildman–Crippen MR) is 85.3 cm³/mol. The van der Waals surface area contributed by atoms with Crippen molar-refractivity contribution in [2.24, 2.45) is 0 Å². The van der Waals surface area contributed by atoms with E-state index in [1.807, 2.05) is 26.0 Å². The first-order valence-electron chi connectivity index (χ1n) is 6.84. The largest absolute Gasteiger partial charge is 0.354 e. The molecule has 0 unspecified atom stereocenters. The lowest BCUT2D eigenvalue weighted by atomic mass is 10.0. The molecule has 0 aliphatic heterocycles. The Labute approximate surface area is 126 Å². The summed E-state index contributed by atoms with van der Waals surface area (Å²) in [6.45, 7) is 3.97. The number of aldehydes is 1. The number of aromatic amines is 1. The van der Waals surface area contributed by atoms with E-state index in [-0.39, 0.29) is 5.69 Å². The quantitative estimate of drug-likeness (QED) is 0.447. The van der Waals surface area contributed by atoms with E-state index in [2.05, 4.69) is 4.98 Å². The zero-order valence-corrected chi connectivity index (χ0v) is 12.2. The number of non-ortho nitro benzene ring substituents is 1. The van der Waals surface area contributed by atoms with Gasteiger partial charge in [0, 0.05) is 28.6 Å². The summed E-state index contributed by atoms with van der Waals surface area (Å²) in [5.74, 6) is 0. The number of hydrogen-bond acceptors (Lipinski definition) is 3. The minimum absolute atomic E-state index is 0.0274. The van der Waals surface area contributed by atoms with Crippen LogP contribution in [-0.2, 0) is 0 Å². The van der Waals surface area contributed by atoms with Crippen LogP contribution in [0.1, 0.15) is 21.5 Å². The molecule has 0 fully saturated rings. The van der Waals surface area contributed by atoms with Crippen molar-refractivity contribution in [1.82, 2.24) is 4.98 Å². The van der Waals surface area contributed by atoms with Gasteiger partial charge in [-0.25, -0.2) is 0 Å². The first-order valence-corrected chi connectivity index (χ1v) is 6.84. The molecule has 0 saturated carbocycles. The number of nitro benzene ring substituents is 1. The topological polar surface area (TPSA) is 76.0 Å². The van der Waals surface area contributed by atoms with Crippen molar-refractivity contribution >= 4 is 22.9 Å². The molecule has 1 aromatic heterocycles. The van der Waals surface area contributed by atoms with Gasteiger partial charge in [0.2, 0.25) is 0 Å². The summed E-state index contributed by atoms with van der Waals surface area (Å²) in [4.78, 5) is 25.1. The van der Waals surface area contributed by atoms with Gasteiger partial charge in [0.15, 0.2) is 6.29 Å². The van der Waals surface area contributed by atoms with E-state index in [0.29, 0.717) is 11.3 Å². The zero-order valence-electron chi connectivity index (χ0n) is 12.2. The van der Waals surface area contributed by atoms with E-state index in [0.717, 1.165) is 33.9 Å². The number of hydrogen-bond donors (Lipinski definition) is 1. The van der Waals surface area contributed by atoms with Crippen LogP contribution >= 0.6 is 0 Å². The van der Waals surface area contributed by atoms with Crippen molar-refractivity contribution in [3.05, 3.63) is 63.2 Å². The normalized spacial score (nSPS) is 10.8. The van der Waals surface area contributed by atoms with Crippen molar-refractivity contribution in [3.8, 4) is 11.3 Å². The first kappa shape index (κ1) is 14.0. The van der Waals surface area contributed by atoms with E-state index >= 15 is 0 Å². The van der Waals surface area contributed by atoms with Gasteiger partial charge in [0.25, 0.3) is 5.69 Å². The molecule has 0 aliphatic carbocycles. The standard InChI is InChI=1S/C17H14N2O3/c1-10-7-11(2)16-14(8-10)15(9-20)17(18-16)12-3-5-13(6-4-12)19(21)22/h3-9,18H,1-2H3. The van der Waals surface area contributed by atoms with Crippen molar-refractivity contribution in [2.75, 3.05) is 0 Å². The molecule has 3 aromatic rings. The summed E-state index contributed by atoms with van der Waals surface area (Å²) in [6.07, 6.45) is 0.828. The minimum Gasteiger partial charge on any atom is -0.354 e. The van der Waals surface area contributed by atoms with Crippen LogP contribution in [0.3, 0.4) is 0 Å². The van der Waals surface area contributed by atoms with E-state index in [1.54, 1.807) is 12.1 Å². The highest BCUT2D eigenvalue weighted by Gasteiger charge is 2.15. The average molecular weight is 294 g/mol. The number of aryl methyl sites for hydroxylation is 2. The summed E-state index contributed by atoms with van der Waals surface area (Å²) >= 11 is 0. The molecule has 22 heavy (non-hydrogen) atoms. The van der Waals surface area contributed by atoms with Crippen LogP contribution in [0.15, 0.2) is 36.4 Å². The Balaban J connectivity index is 2.24. The number of benzene rings is 2. The molecule has 0 saturated heterocycles. The highest BCUT2D eigenvalue weighted by Crippen LogP contribution is 2.32. The van der Waals surface area contributed by atoms with Crippen LogP contribution in [-0.4, -0.2) is 16.2 Å². The highest BCUT2D eigenvalue weighted by molar-refractivity contribution is 6.05. The smallest absolute Gasteiger partial charge is 0.269 e. The van der Waals surface area contributed by atoms with Crippen LogP contribution in [0.5, 0.6) is 0 Å². The number of carbonyl (C=O) groups excluding carboxylic acids is 1. The van der Waals surface area contributed by atoms with E-state index in [1.165, 1.54) is 12.1 Å². The maximum absolute atomic E-state index is 11.5. The number of aromatic nitrogens is 1. The van der Waals surface area contributed by atoms with Gasteiger partial charge in [0.1, 0.15) is 0 Å². The molecule has 5 nitrogen and oxygen atoms in total. The molecule has 1 heterocycles. The molecule has 0 bridgehead atoms. The Hall–Kier alpha value is -2.95. The SMILES string of the molecule is Cc1cc(C)c2[nH]c(-c3ccc([N+](=O)[O-])cc3)c(C=O)c2c1. The lowest BCUT2D eigenvalue weighted by Crippen LogP contribution is -1.88. The van der Waals surface area contributed by atoms with Crippen molar-refractivity contribution < 1.29 is 9.72 Å². The summed E-state index contributed by atoms with van der Waals surface area (Å²) in [7, 11) is 0. The van der Waals surface area contributed by atoms with Gasteiger partial charge in [-0.2, -0.15) is 0 Å². The number of H-pyrrole nitrogens is 1. The summed E-state index contributed by atoms with van der Waals surface area (Å²) in [5, 5.41) is 11.6. The second-order valence-corrected chi connectivity index (χ2v) is 5.34. The molecule has 0 atom stereocenters. The lowest BCUT2D eigenvalue weighted by molar-refractivity contribution is -0.384. The van der Waals surface area contributed by atoms with Gasteiger partial charge in [-0.15, -0.1) is 0 Å². The van der Waals surface area contributed by atoms with Gasteiger partial charge in [-0.1, -0.05) is 11.6 Å². The molecule has 5 heteroatoms. The Morgan fingerprint density at radius 1 is 1.14 bits per heavy atom. The summed E-state index contributed by atoms with van der Waals surface area (Å²) in [6, 6.07) is 10.2. The Bertz CT molecular complexity index is 892. The number of nitro groups is 1. The van der Waals surface area contributed by atoms with Crippen molar-refractivity contribution in [3.63, 3.8) is 0 Å². The first-order chi connectivity index (χ1) is 10.5. The summed E-state index contributed by atoms with van der Waals surface area (Å²) in [5.41, 5.74) is 5.11. The Kier molecular flexibility index (Phi) is 3.25. The molecule has 110 valence electrons. The predicted octanol–water partition coefficient (Wildman–Crippen LogP) is 4.17. The van der Waals surface area contributed by atoms with Crippen molar-refractivity contribution in [2.45, 2.75) is 13.8 Å². The van der Waals surface area contributed by atoms with Gasteiger partial charge < -0.3 is 4.98 Å². The molecule has 3 rings (SSSR count). The van der Waals surface area contributed by atoms with Crippen LogP contribution in [0.4, 0.5) is 5.69 Å². The molecule has 0 radical (unpaired) electrons. The monoisotopic (exact) mass is 294 g/mol. The molecule has 0 aliphatic rings. The third kappa shape index (κ3) is 2.16. The third-order valence-corrected chi connectivity index (χ3v) is 3.77.